The SMILES string of the molecule is O=C(Cn1cc(C(=O)C(F)(F)F)c2ccccc21)NC[C@H]1CCCO1. The number of amides is 1. The minimum atomic E-state index is -4.96. The second kappa shape index (κ2) is 6.87. The van der Waals surface area contributed by atoms with Gasteiger partial charge in [-0.2, -0.15) is 13.2 Å². The summed E-state index contributed by atoms with van der Waals surface area (Å²) in [5.74, 6) is -2.26. The van der Waals surface area contributed by atoms with E-state index in [1.807, 2.05) is 0 Å². The lowest BCUT2D eigenvalue weighted by atomic mass is 10.1. The number of hydrogen-bond acceptors (Lipinski definition) is 3. The molecule has 8 heteroatoms. The van der Waals surface area contributed by atoms with Crippen molar-refractivity contribution >= 4 is 22.6 Å². The predicted octanol–water partition coefficient (Wildman–Crippen LogP) is 2.68. The van der Waals surface area contributed by atoms with Crippen LogP contribution < -0.4 is 5.32 Å². The van der Waals surface area contributed by atoms with E-state index in [1.54, 1.807) is 18.2 Å². The van der Waals surface area contributed by atoms with Gasteiger partial charge in [0.15, 0.2) is 0 Å². The first-order valence-electron chi connectivity index (χ1n) is 7.94. The Bertz CT molecular complexity index is 792. The molecule has 1 N–H and O–H groups in total. The molecule has 1 aromatic carbocycles. The maximum atomic E-state index is 12.8. The second-order valence-corrected chi connectivity index (χ2v) is 5.95. The molecular weight excluding hydrogens is 337 g/mol. The number of carbonyl (C=O) groups is 2. The van der Waals surface area contributed by atoms with E-state index >= 15 is 0 Å². The topological polar surface area (TPSA) is 60.3 Å². The molecule has 1 aliphatic heterocycles. The Balaban J connectivity index is 1.79. The van der Waals surface area contributed by atoms with Crippen molar-refractivity contribution in [2.24, 2.45) is 0 Å². The van der Waals surface area contributed by atoms with Crippen molar-refractivity contribution in [1.82, 2.24) is 9.88 Å². The lowest BCUT2D eigenvalue weighted by Gasteiger charge is -2.11. The minimum Gasteiger partial charge on any atom is -0.376 e. The molecule has 0 spiro atoms. The third kappa shape index (κ3) is 3.84. The minimum absolute atomic E-state index is 0.0206. The van der Waals surface area contributed by atoms with Gasteiger partial charge in [0.2, 0.25) is 5.91 Å². The summed E-state index contributed by atoms with van der Waals surface area (Å²) >= 11 is 0. The van der Waals surface area contributed by atoms with Gasteiger partial charge in [0.1, 0.15) is 6.54 Å². The molecule has 1 atom stereocenters. The highest BCUT2D eigenvalue weighted by atomic mass is 19.4. The normalized spacial score (nSPS) is 17.8. The largest absolute Gasteiger partial charge is 0.454 e. The van der Waals surface area contributed by atoms with Crippen molar-refractivity contribution in [3.8, 4) is 0 Å². The van der Waals surface area contributed by atoms with Crippen LogP contribution in [-0.4, -0.2) is 41.7 Å². The van der Waals surface area contributed by atoms with E-state index in [0.29, 0.717) is 18.7 Å². The zero-order valence-electron chi connectivity index (χ0n) is 13.3. The summed E-state index contributed by atoms with van der Waals surface area (Å²) in [7, 11) is 0. The summed E-state index contributed by atoms with van der Waals surface area (Å²) in [5, 5.41) is 2.89. The monoisotopic (exact) mass is 354 g/mol. The van der Waals surface area contributed by atoms with Crippen molar-refractivity contribution in [3.63, 3.8) is 0 Å². The fraction of sp³-hybridized carbons (Fsp3) is 0.412. The molecule has 0 bridgehead atoms. The van der Waals surface area contributed by atoms with Crippen LogP contribution in [0.5, 0.6) is 0 Å². The van der Waals surface area contributed by atoms with Gasteiger partial charge < -0.3 is 14.6 Å². The highest BCUT2D eigenvalue weighted by Crippen LogP contribution is 2.28. The van der Waals surface area contributed by atoms with E-state index in [4.69, 9.17) is 4.74 Å². The van der Waals surface area contributed by atoms with E-state index in [9.17, 15) is 22.8 Å². The molecular formula is C17H17F3N2O3. The Morgan fingerprint density at radius 2 is 2.04 bits per heavy atom. The highest BCUT2D eigenvalue weighted by molar-refractivity contribution is 6.10. The molecule has 25 heavy (non-hydrogen) atoms. The van der Waals surface area contributed by atoms with E-state index in [0.717, 1.165) is 19.0 Å². The van der Waals surface area contributed by atoms with Gasteiger partial charge in [0.25, 0.3) is 5.78 Å². The maximum absolute atomic E-state index is 12.8. The molecule has 0 aliphatic carbocycles. The van der Waals surface area contributed by atoms with Crippen LogP contribution in [0.15, 0.2) is 30.5 Å². The zero-order valence-corrected chi connectivity index (χ0v) is 13.3. The number of ether oxygens (including phenoxy) is 1. The number of nitrogens with one attached hydrogen (secondary N) is 1. The van der Waals surface area contributed by atoms with Crippen LogP contribution in [0.1, 0.15) is 23.2 Å². The predicted molar refractivity (Wildman–Crippen MR) is 84.3 cm³/mol. The molecule has 2 heterocycles. The molecule has 134 valence electrons. The molecule has 0 unspecified atom stereocenters. The molecule has 0 saturated carbocycles. The van der Waals surface area contributed by atoms with Crippen molar-refractivity contribution in [1.29, 1.82) is 0 Å². The van der Waals surface area contributed by atoms with Crippen LogP contribution in [0.25, 0.3) is 10.9 Å². The number of nitrogens with zero attached hydrogens (tertiary/aromatic N) is 1. The first-order valence-corrected chi connectivity index (χ1v) is 7.94. The van der Waals surface area contributed by atoms with E-state index in [1.165, 1.54) is 10.6 Å². The van der Waals surface area contributed by atoms with E-state index < -0.39 is 17.5 Å². The van der Waals surface area contributed by atoms with E-state index in [2.05, 4.69) is 5.32 Å². The fourth-order valence-corrected chi connectivity index (χ4v) is 2.95. The number of halogens is 3. The van der Waals surface area contributed by atoms with Gasteiger partial charge in [-0.1, -0.05) is 18.2 Å². The molecule has 1 amide bonds. The van der Waals surface area contributed by atoms with Gasteiger partial charge in [-0.05, 0) is 18.9 Å². The van der Waals surface area contributed by atoms with Crippen molar-refractivity contribution in [2.45, 2.75) is 31.7 Å². The van der Waals surface area contributed by atoms with Crippen LogP contribution in [-0.2, 0) is 16.1 Å². The number of ketones is 1. The highest BCUT2D eigenvalue weighted by Gasteiger charge is 2.40. The van der Waals surface area contributed by atoms with Crippen molar-refractivity contribution < 1.29 is 27.5 Å². The first kappa shape index (κ1) is 17.5. The number of benzene rings is 1. The summed E-state index contributed by atoms with van der Waals surface area (Å²) in [6.45, 7) is 0.871. The van der Waals surface area contributed by atoms with Crippen LogP contribution in [0.2, 0.25) is 0 Å². The standard InChI is InChI=1S/C17H17F3N2O3/c18-17(19,20)16(24)13-9-22(14-6-2-1-5-12(13)14)10-15(23)21-8-11-4-3-7-25-11/h1-2,5-6,9,11H,3-4,7-8,10H2,(H,21,23)/t11-/m1/s1. The smallest absolute Gasteiger partial charge is 0.376 e. The number of rotatable bonds is 5. The molecule has 2 aromatic rings. The Kier molecular flexibility index (Phi) is 4.80. The average molecular weight is 354 g/mol. The molecule has 1 fully saturated rings. The quantitative estimate of drug-likeness (QED) is 0.840. The second-order valence-electron chi connectivity index (χ2n) is 5.95. The van der Waals surface area contributed by atoms with E-state index in [-0.39, 0.29) is 23.9 Å². The Morgan fingerprint density at radius 1 is 1.28 bits per heavy atom. The summed E-state index contributed by atoms with van der Waals surface area (Å²) in [4.78, 5) is 23.7. The Labute approximate surface area is 141 Å². The van der Waals surface area contributed by atoms with Crippen molar-refractivity contribution in [3.05, 3.63) is 36.0 Å². The van der Waals surface area contributed by atoms with Gasteiger partial charge in [-0.3, -0.25) is 9.59 Å². The molecule has 1 saturated heterocycles. The summed E-state index contributed by atoms with van der Waals surface area (Å²) in [6, 6.07) is 6.22. The Hall–Kier alpha value is -2.35. The number of fused-ring (bicyclic) bond motifs is 1. The lowest BCUT2D eigenvalue weighted by molar-refractivity contribution is -0.122. The number of carbonyl (C=O) groups excluding carboxylic acids is 2. The summed E-state index contributed by atoms with van der Waals surface area (Å²) in [5.41, 5.74) is -0.0441. The summed E-state index contributed by atoms with van der Waals surface area (Å²) < 4.78 is 45.1. The first-order chi connectivity index (χ1) is 11.9. The molecule has 3 rings (SSSR count). The third-order valence-corrected chi connectivity index (χ3v) is 4.16. The van der Waals surface area contributed by atoms with Gasteiger partial charge in [0, 0.05) is 30.3 Å². The number of alkyl halides is 3. The maximum Gasteiger partial charge on any atom is 0.454 e. The molecule has 5 nitrogen and oxygen atoms in total. The molecule has 1 aromatic heterocycles. The van der Waals surface area contributed by atoms with Crippen molar-refractivity contribution in [2.75, 3.05) is 13.2 Å². The van der Waals surface area contributed by atoms with Crippen LogP contribution in [0, 0.1) is 0 Å². The molecule has 1 aliphatic rings. The average Bonchev–Trinajstić information content (AvgIpc) is 3.20. The number of Topliss-reactive ketones (excluding diaryl/α,β-unsaturated/α-hetero) is 1. The van der Waals surface area contributed by atoms with Gasteiger partial charge >= 0.3 is 6.18 Å². The number of hydrogen-bond donors (Lipinski definition) is 1. The number of para-hydroxylation sites is 1. The zero-order chi connectivity index (χ0) is 18.0. The Morgan fingerprint density at radius 3 is 2.72 bits per heavy atom. The molecule has 0 radical (unpaired) electrons. The van der Waals surface area contributed by atoms with Gasteiger partial charge in [0.05, 0.1) is 11.7 Å². The number of aromatic nitrogens is 1. The lowest BCUT2D eigenvalue weighted by Crippen LogP contribution is -2.34. The van der Waals surface area contributed by atoms with Gasteiger partial charge in [-0.25, -0.2) is 0 Å². The van der Waals surface area contributed by atoms with Crippen LogP contribution >= 0.6 is 0 Å². The summed E-state index contributed by atoms with van der Waals surface area (Å²) in [6.07, 6.45) is -2.07. The fourth-order valence-electron chi connectivity index (χ4n) is 2.95. The van der Waals surface area contributed by atoms with Gasteiger partial charge in [-0.15, -0.1) is 0 Å². The van der Waals surface area contributed by atoms with Crippen LogP contribution in [0.4, 0.5) is 13.2 Å². The van der Waals surface area contributed by atoms with Crippen LogP contribution in [0.3, 0.4) is 0 Å². The third-order valence-electron chi connectivity index (χ3n) is 4.16.